The molecule has 0 aliphatic carbocycles. The molecule has 112 valence electrons. The summed E-state index contributed by atoms with van der Waals surface area (Å²) in [7, 11) is 0. The highest BCUT2D eigenvalue weighted by molar-refractivity contribution is 6.09. The van der Waals surface area contributed by atoms with Gasteiger partial charge >= 0.3 is 6.03 Å². The van der Waals surface area contributed by atoms with E-state index in [1.54, 1.807) is 13.8 Å². The maximum Gasteiger partial charge on any atom is 0.325 e. The SMILES string of the molecule is CC[C@@]1(C)NC(=O)N(CC(=O)Nc2cccc(F)c2)C1=O. The number of imide groups is 1. The van der Waals surface area contributed by atoms with Crippen molar-refractivity contribution < 1.29 is 18.8 Å². The molecule has 1 aromatic carbocycles. The van der Waals surface area contributed by atoms with Crippen LogP contribution in [0.2, 0.25) is 0 Å². The molecule has 4 amide bonds. The van der Waals surface area contributed by atoms with Crippen molar-refractivity contribution in [3.8, 4) is 0 Å². The molecule has 1 aliphatic rings. The van der Waals surface area contributed by atoms with Gasteiger partial charge in [-0.2, -0.15) is 0 Å². The van der Waals surface area contributed by atoms with Gasteiger partial charge in [0.25, 0.3) is 5.91 Å². The van der Waals surface area contributed by atoms with Gasteiger partial charge < -0.3 is 10.6 Å². The first-order chi connectivity index (χ1) is 9.85. The topological polar surface area (TPSA) is 78.5 Å². The Balaban J connectivity index is 2.03. The number of nitrogens with zero attached hydrogens (tertiary/aromatic N) is 1. The Bertz CT molecular complexity index is 605. The Morgan fingerprint density at radius 1 is 1.43 bits per heavy atom. The monoisotopic (exact) mass is 293 g/mol. The van der Waals surface area contributed by atoms with Crippen molar-refractivity contribution in [2.45, 2.75) is 25.8 Å². The van der Waals surface area contributed by atoms with Gasteiger partial charge in [-0.15, -0.1) is 0 Å². The van der Waals surface area contributed by atoms with E-state index in [-0.39, 0.29) is 5.69 Å². The molecule has 2 rings (SSSR count). The molecule has 1 aliphatic heterocycles. The molecule has 1 atom stereocenters. The minimum atomic E-state index is -0.976. The average molecular weight is 293 g/mol. The van der Waals surface area contributed by atoms with Gasteiger partial charge in [0.15, 0.2) is 0 Å². The van der Waals surface area contributed by atoms with Crippen LogP contribution in [0, 0.1) is 5.82 Å². The van der Waals surface area contributed by atoms with Gasteiger partial charge in [-0.25, -0.2) is 9.18 Å². The molecule has 0 spiro atoms. The van der Waals surface area contributed by atoms with Gasteiger partial charge in [-0.1, -0.05) is 13.0 Å². The van der Waals surface area contributed by atoms with Crippen LogP contribution in [-0.2, 0) is 9.59 Å². The van der Waals surface area contributed by atoms with E-state index in [9.17, 15) is 18.8 Å². The molecule has 1 fully saturated rings. The van der Waals surface area contributed by atoms with Crippen LogP contribution in [0.25, 0.3) is 0 Å². The Kier molecular flexibility index (Phi) is 3.93. The molecule has 7 heteroatoms. The smallest absolute Gasteiger partial charge is 0.324 e. The van der Waals surface area contributed by atoms with Gasteiger partial charge in [0.2, 0.25) is 5.91 Å². The number of hydrogen-bond acceptors (Lipinski definition) is 3. The Morgan fingerprint density at radius 3 is 2.71 bits per heavy atom. The summed E-state index contributed by atoms with van der Waals surface area (Å²) in [6.45, 7) is 2.98. The standard InChI is InChI=1S/C14H16FN3O3/c1-3-14(2)12(20)18(13(21)17-14)8-11(19)16-10-6-4-5-9(15)7-10/h4-7H,3,8H2,1-2H3,(H,16,19)(H,17,21)/t14-/m1/s1. The molecule has 1 aromatic rings. The van der Waals surface area contributed by atoms with Gasteiger partial charge in [0.05, 0.1) is 0 Å². The lowest BCUT2D eigenvalue weighted by Gasteiger charge is -2.19. The van der Waals surface area contributed by atoms with Crippen LogP contribution >= 0.6 is 0 Å². The molecule has 0 bridgehead atoms. The van der Waals surface area contributed by atoms with E-state index >= 15 is 0 Å². The molecule has 0 unspecified atom stereocenters. The van der Waals surface area contributed by atoms with E-state index in [1.807, 2.05) is 0 Å². The van der Waals surface area contributed by atoms with Gasteiger partial charge in [0.1, 0.15) is 17.9 Å². The first-order valence-electron chi connectivity index (χ1n) is 6.55. The summed E-state index contributed by atoms with van der Waals surface area (Å²) in [5.74, 6) is -1.49. The number of benzene rings is 1. The molecule has 2 N–H and O–H groups in total. The molecule has 1 heterocycles. The van der Waals surface area contributed by atoms with E-state index in [2.05, 4.69) is 10.6 Å². The zero-order valence-corrected chi connectivity index (χ0v) is 11.8. The average Bonchev–Trinajstić information content (AvgIpc) is 2.63. The molecule has 21 heavy (non-hydrogen) atoms. The molecular weight excluding hydrogens is 277 g/mol. The second-order valence-electron chi connectivity index (χ2n) is 5.07. The minimum absolute atomic E-state index is 0.269. The number of halogens is 1. The first-order valence-corrected chi connectivity index (χ1v) is 6.55. The van der Waals surface area contributed by atoms with Crippen LogP contribution in [0.4, 0.5) is 14.9 Å². The molecule has 6 nitrogen and oxygen atoms in total. The quantitative estimate of drug-likeness (QED) is 0.825. The van der Waals surface area contributed by atoms with E-state index in [4.69, 9.17) is 0 Å². The summed E-state index contributed by atoms with van der Waals surface area (Å²) in [4.78, 5) is 36.6. The number of urea groups is 1. The van der Waals surface area contributed by atoms with E-state index < -0.39 is 35.7 Å². The molecule has 0 aromatic heterocycles. The maximum atomic E-state index is 13.0. The van der Waals surface area contributed by atoms with Crippen molar-refractivity contribution in [3.05, 3.63) is 30.1 Å². The van der Waals surface area contributed by atoms with Crippen molar-refractivity contribution in [2.24, 2.45) is 0 Å². The maximum absolute atomic E-state index is 13.0. The second-order valence-corrected chi connectivity index (χ2v) is 5.07. The number of hydrogen-bond donors (Lipinski definition) is 2. The number of amides is 4. The summed E-state index contributed by atoms with van der Waals surface area (Å²) < 4.78 is 13.0. The Morgan fingerprint density at radius 2 is 2.14 bits per heavy atom. The highest BCUT2D eigenvalue weighted by Crippen LogP contribution is 2.20. The highest BCUT2D eigenvalue weighted by Gasteiger charge is 2.46. The summed E-state index contributed by atoms with van der Waals surface area (Å²) in [5, 5.41) is 5.00. The summed E-state index contributed by atoms with van der Waals surface area (Å²) in [5.41, 5.74) is -0.707. The zero-order chi connectivity index (χ0) is 15.6. The predicted molar refractivity (Wildman–Crippen MR) is 74.0 cm³/mol. The predicted octanol–water partition coefficient (Wildman–Crippen LogP) is 1.48. The van der Waals surface area contributed by atoms with Gasteiger partial charge in [0, 0.05) is 5.69 Å². The van der Waals surface area contributed by atoms with Crippen molar-refractivity contribution >= 4 is 23.5 Å². The van der Waals surface area contributed by atoms with Crippen LogP contribution in [0.1, 0.15) is 20.3 Å². The lowest BCUT2D eigenvalue weighted by Crippen LogP contribution is -2.44. The number of anilines is 1. The lowest BCUT2D eigenvalue weighted by molar-refractivity contribution is -0.133. The van der Waals surface area contributed by atoms with Gasteiger partial charge in [-0.3, -0.25) is 14.5 Å². The van der Waals surface area contributed by atoms with Crippen molar-refractivity contribution in [1.29, 1.82) is 0 Å². The first kappa shape index (κ1) is 15.0. The minimum Gasteiger partial charge on any atom is -0.324 e. The van der Waals surface area contributed by atoms with Gasteiger partial charge in [-0.05, 0) is 31.5 Å². The summed E-state index contributed by atoms with van der Waals surface area (Å²) >= 11 is 0. The third kappa shape index (κ3) is 3.01. The van der Waals surface area contributed by atoms with Crippen LogP contribution in [0.5, 0.6) is 0 Å². The van der Waals surface area contributed by atoms with E-state index in [0.29, 0.717) is 6.42 Å². The van der Waals surface area contributed by atoms with E-state index in [0.717, 1.165) is 11.0 Å². The number of nitrogens with one attached hydrogen (secondary N) is 2. The van der Waals surface area contributed by atoms with Crippen LogP contribution in [0.15, 0.2) is 24.3 Å². The van der Waals surface area contributed by atoms with Crippen molar-refractivity contribution in [3.63, 3.8) is 0 Å². The molecular formula is C14H16FN3O3. The fourth-order valence-electron chi connectivity index (χ4n) is 2.04. The fourth-order valence-corrected chi connectivity index (χ4v) is 2.04. The third-order valence-corrected chi connectivity index (χ3v) is 3.46. The number of carbonyl (C=O) groups excluding carboxylic acids is 3. The third-order valence-electron chi connectivity index (χ3n) is 3.46. The lowest BCUT2D eigenvalue weighted by atomic mass is 9.99. The second kappa shape index (κ2) is 5.51. The zero-order valence-electron chi connectivity index (χ0n) is 11.8. The van der Waals surface area contributed by atoms with Crippen LogP contribution < -0.4 is 10.6 Å². The normalized spacial score (nSPS) is 21.4. The highest BCUT2D eigenvalue weighted by atomic mass is 19.1. The summed E-state index contributed by atoms with van der Waals surface area (Å²) in [6, 6.07) is 4.77. The van der Waals surface area contributed by atoms with Crippen molar-refractivity contribution in [1.82, 2.24) is 10.2 Å². The number of rotatable bonds is 4. The molecule has 1 saturated heterocycles. The molecule has 0 radical (unpaired) electrons. The number of carbonyl (C=O) groups is 3. The fraction of sp³-hybridized carbons (Fsp3) is 0.357. The van der Waals surface area contributed by atoms with E-state index in [1.165, 1.54) is 18.2 Å². The summed E-state index contributed by atoms with van der Waals surface area (Å²) in [6.07, 6.45) is 0.430. The Hall–Kier alpha value is -2.44. The van der Waals surface area contributed by atoms with Crippen LogP contribution in [0.3, 0.4) is 0 Å². The van der Waals surface area contributed by atoms with Crippen molar-refractivity contribution in [2.75, 3.05) is 11.9 Å². The largest absolute Gasteiger partial charge is 0.325 e. The Labute approximate surface area is 121 Å². The van der Waals surface area contributed by atoms with Crippen LogP contribution in [-0.4, -0.2) is 34.8 Å². The molecule has 0 saturated carbocycles.